The maximum Gasteiger partial charge on any atom is 0.0661 e. The average Bonchev–Trinajstić information content (AvgIpc) is 2.72. The Morgan fingerprint density at radius 1 is 1.47 bits per heavy atom. The van der Waals surface area contributed by atoms with E-state index < -0.39 is 0 Å². The predicted octanol–water partition coefficient (Wildman–Crippen LogP) is 4.05. The summed E-state index contributed by atoms with van der Waals surface area (Å²) in [6.45, 7) is 7.46. The highest BCUT2D eigenvalue weighted by Crippen LogP contribution is 2.57. The lowest BCUT2D eigenvalue weighted by molar-refractivity contribution is -0.174. The fraction of sp³-hybridized carbons (Fsp3) is 0.750. The number of hydrogen-bond donors (Lipinski definition) is 1. The maximum atomic E-state index is 5.92. The standard InChI is InChI=1S/C16H25NOS/c1-4-18-15-10-14(16(15)8-5-9-16)17-12(3)13-7-6-11(2)19-13/h6-7,12,14-15,17H,4-5,8-10H2,1-3H3. The molecule has 3 atom stereocenters. The first-order valence-corrected chi connectivity index (χ1v) is 8.41. The fourth-order valence-corrected chi connectivity index (χ4v) is 4.63. The molecule has 106 valence electrons. The normalized spacial score (nSPS) is 29.8. The second-order valence-electron chi connectivity index (χ2n) is 6.16. The van der Waals surface area contributed by atoms with E-state index in [9.17, 15) is 0 Å². The highest BCUT2D eigenvalue weighted by Gasteiger charge is 2.58. The third-order valence-electron chi connectivity index (χ3n) is 5.08. The second kappa shape index (κ2) is 5.19. The van der Waals surface area contributed by atoms with Gasteiger partial charge in [-0.3, -0.25) is 0 Å². The number of thiophene rings is 1. The quantitative estimate of drug-likeness (QED) is 0.878. The summed E-state index contributed by atoms with van der Waals surface area (Å²) in [5, 5.41) is 3.86. The number of nitrogens with one attached hydrogen (secondary N) is 1. The summed E-state index contributed by atoms with van der Waals surface area (Å²) < 4.78 is 5.92. The smallest absolute Gasteiger partial charge is 0.0661 e. The molecule has 2 saturated carbocycles. The molecule has 1 spiro atoms. The van der Waals surface area contributed by atoms with E-state index in [4.69, 9.17) is 4.74 Å². The van der Waals surface area contributed by atoms with Crippen LogP contribution in [0.4, 0.5) is 0 Å². The summed E-state index contributed by atoms with van der Waals surface area (Å²) in [4.78, 5) is 2.87. The minimum atomic E-state index is 0.469. The molecule has 0 amide bonds. The molecule has 2 aliphatic rings. The molecule has 1 aromatic heterocycles. The molecule has 2 fully saturated rings. The Bertz CT molecular complexity index is 438. The van der Waals surface area contributed by atoms with Crippen LogP contribution in [0.1, 0.15) is 55.3 Å². The average molecular weight is 279 g/mol. The zero-order valence-corrected chi connectivity index (χ0v) is 13.1. The molecule has 0 aromatic carbocycles. The summed E-state index contributed by atoms with van der Waals surface area (Å²) in [6, 6.07) is 5.63. The van der Waals surface area contributed by atoms with Crippen LogP contribution < -0.4 is 5.32 Å². The summed E-state index contributed by atoms with van der Waals surface area (Å²) >= 11 is 1.92. The van der Waals surface area contributed by atoms with Crippen LogP contribution >= 0.6 is 11.3 Å². The lowest BCUT2D eigenvalue weighted by atomic mass is 9.51. The molecule has 1 heterocycles. The van der Waals surface area contributed by atoms with Gasteiger partial charge < -0.3 is 10.1 Å². The Morgan fingerprint density at radius 3 is 2.79 bits per heavy atom. The van der Waals surface area contributed by atoms with Crippen LogP contribution in [-0.4, -0.2) is 18.8 Å². The summed E-state index contributed by atoms with van der Waals surface area (Å²) in [5.41, 5.74) is 0.469. The van der Waals surface area contributed by atoms with Crippen molar-refractivity contribution in [3.8, 4) is 0 Å². The van der Waals surface area contributed by atoms with Gasteiger partial charge in [-0.05, 0) is 52.2 Å². The summed E-state index contributed by atoms with van der Waals surface area (Å²) in [7, 11) is 0. The van der Waals surface area contributed by atoms with Crippen molar-refractivity contribution in [1.82, 2.24) is 5.32 Å². The van der Waals surface area contributed by atoms with Crippen LogP contribution in [0.3, 0.4) is 0 Å². The fourth-order valence-electron chi connectivity index (χ4n) is 3.74. The van der Waals surface area contributed by atoms with Crippen LogP contribution in [0, 0.1) is 12.3 Å². The number of rotatable bonds is 5. The Hall–Kier alpha value is -0.380. The second-order valence-corrected chi connectivity index (χ2v) is 7.48. The maximum absolute atomic E-state index is 5.92. The first kappa shape index (κ1) is 13.6. The van der Waals surface area contributed by atoms with Crippen LogP contribution in [-0.2, 0) is 4.74 Å². The van der Waals surface area contributed by atoms with E-state index >= 15 is 0 Å². The van der Waals surface area contributed by atoms with E-state index in [2.05, 4.69) is 38.2 Å². The van der Waals surface area contributed by atoms with Gasteiger partial charge in [0.1, 0.15) is 0 Å². The Balaban J connectivity index is 1.62. The zero-order chi connectivity index (χ0) is 13.5. The molecule has 0 radical (unpaired) electrons. The third kappa shape index (κ3) is 2.26. The summed E-state index contributed by atoms with van der Waals surface area (Å²) in [5.74, 6) is 0. The van der Waals surface area contributed by atoms with Crippen molar-refractivity contribution >= 4 is 11.3 Å². The zero-order valence-electron chi connectivity index (χ0n) is 12.2. The number of aryl methyl sites for hydroxylation is 1. The molecule has 0 aliphatic heterocycles. The van der Waals surface area contributed by atoms with Crippen LogP contribution in [0.25, 0.3) is 0 Å². The highest BCUT2D eigenvalue weighted by atomic mass is 32.1. The molecular formula is C16H25NOS. The highest BCUT2D eigenvalue weighted by molar-refractivity contribution is 7.12. The van der Waals surface area contributed by atoms with E-state index in [0.29, 0.717) is 23.6 Å². The minimum absolute atomic E-state index is 0.469. The molecule has 1 aromatic rings. The van der Waals surface area contributed by atoms with Gasteiger partial charge >= 0.3 is 0 Å². The molecule has 3 heteroatoms. The molecule has 19 heavy (non-hydrogen) atoms. The number of ether oxygens (including phenoxy) is 1. The van der Waals surface area contributed by atoms with Crippen molar-refractivity contribution in [1.29, 1.82) is 0 Å². The van der Waals surface area contributed by atoms with Crippen molar-refractivity contribution in [2.45, 2.75) is 64.6 Å². The molecule has 0 saturated heterocycles. The topological polar surface area (TPSA) is 21.3 Å². The van der Waals surface area contributed by atoms with E-state index in [-0.39, 0.29) is 0 Å². The summed E-state index contributed by atoms with van der Waals surface area (Å²) in [6.07, 6.45) is 5.80. The van der Waals surface area contributed by atoms with Gasteiger partial charge in [-0.1, -0.05) is 6.42 Å². The van der Waals surface area contributed by atoms with E-state index in [1.165, 1.54) is 35.4 Å². The molecular weight excluding hydrogens is 254 g/mol. The number of hydrogen-bond acceptors (Lipinski definition) is 3. The lowest BCUT2D eigenvalue weighted by Gasteiger charge is -2.61. The predicted molar refractivity (Wildman–Crippen MR) is 80.7 cm³/mol. The van der Waals surface area contributed by atoms with Gasteiger partial charge in [0.15, 0.2) is 0 Å². The Labute approximate surface area is 120 Å². The van der Waals surface area contributed by atoms with E-state index in [0.717, 1.165) is 6.61 Å². The van der Waals surface area contributed by atoms with Crippen LogP contribution in [0.5, 0.6) is 0 Å². The largest absolute Gasteiger partial charge is 0.378 e. The molecule has 3 rings (SSSR count). The van der Waals surface area contributed by atoms with Gasteiger partial charge in [0.25, 0.3) is 0 Å². The SMILES string of the molecule is CCOC1CC(NC(C)c2ccc(C)s2)C12CCC2. The Kier molecular flexibility index (Phi) is 3.71. The van der Waals surface area contributed by atoms with Crippen molar-refractivity contribution in [3.63, 3.8) is 0 Å². The van der Waals surface area contributed by atoms with E-state index in [1.54, 1.807) is 0 Å². The van der Waals surface area contributed by atoms with Crippen LogP contribution in [0.15, 0.2) is 12.1 Å². The van der Waals surface area contributed by atoms with Crippen molar-refractivity contribution in [3.05, 3.63) is 21.9 Å². The van der Waals surface area contributed by atoms with Gasteiger partial charge in [-0.15, -0.1) is 11.3 Å². The first-order chi connectivity index (χ1) is 9.15. The molecule has 3 unspecified atom stereocenters. The van der Waals surface area contributed by atoms with Crippen LogP contribution in [0.2, 0.25) is 0 Å². The lowest BCUT2D eigenvalue weighted by Crippen LogP contribution is -2.67. The van der Waals surface area contributed by atoms with Gasteiger partial charge in [-0.2, -0.15) is 0 Å². The van der Waals surface area contributed by atoms with Gasteiger partial charge in [-0.25, -0.2) is 0 Å². The molecule has 1 N–H and O–H groups in total. The first-order valence-electron chi connectivity index (χ1n) is 7.59. The monoisotopic (exact) mass is 279 g/mol. The van der Waals surface area contributed by atoms with Crippen molar-refractivity contribution in [2.24, 2.45) is 5.41 Å². The molecule has 2 aliphatic carbocycles. The van der Waals surface area contributed by atoms with Gasteiger partial charge in [0.2, 0.25) is 0 Å². The molecule has 0 bridgehead atoms. The van der Waals surface area contributed by atoms with Crippen molar-refractivity contribution < 1.29 is 4.74 Å². The minimum Gasteiger partial charge on any atom is -0.378 e. The van der Waals surface area contributed by atoms with E-state index in [1.807, 2.05) is 11.3 Å². The van der Waals surface area contributed by atoms with Gasteiger partial charge in [0, 0.05) is 33.9 Å². The Morgan fingerprint density at radius 2 is 2.26 bits per heavy atom. The third-order valence-corrected chi connectivity index (χ3v) is 6.26. The van der Waals surface area contributed by atoms with Crippen molar-refractivity contribution in [2.75, 3.05) is 6.61 Å². The molecule has 2 nitrogen and oxygen atoms in total. The van der Waals surface area contributed by atoms with Gasteiger partial charge in [0.05, 0.1) is 6.10 Å².